The Kier molecular flexibility index (Phi) is 4.14. The van der Waals surface area contributed by atoms with Crippen LogP contribution in [0, 0.1) is 18.8 Å². The molecule has 2 atom stereocenters. The van der Waals surface area contributed by atoms with Crippen LogP contribution < -0.4 is 5.32 Å². The van der Waals surface area contributed by atoms with E-state index in [1.807, 2.05) is 13.0 Å². The predicted octanol–water partition coefficient (Wildman–Crippen LogP) is 2.22. The number of nitrogens with zero attached hydrogens (tertiary/aromatic N) is 1. The average molecular weight is 262 g/mol. The number of pyridine rings is 1. The van der Waals surface area contributed by atoms with Gasteiger partial charge in [-0.15, -0.1) is 0 Å². The maximum absolute atomic E-state index is 12.1. The van der Waals surface area contributed by atoms with E-state index in [9.17, 15) is 9.59 Å². The minimum Gasteiger partial charge on any atom is -0.481 e. The van der Waals surface area contributed by atoms with E-state index in [0.717, 1.165) is 18.4 Å². The van der Waals surface area contributed by atoms with Crippen LogP contribution in [0.3, 0.4) is 0 Å². The molecule has 1 saturated carbocycles. The number of anilines is 1. The van der Waals surface area contributed by atoms with Gasteiger partial charge in [0, 0.05) is 12.1 Å². The van der Waals surface area contributed by atoms with E-state index in [1.54, 1.807) is 12.3 Å². The number of aliphatic carboxylic acids is 1. The highest BCUT2D eigenvalue weighted by Gasteiger charge is 2.31. The summed E-state index contributed by atoms with van der Waals surface area (Å²) < 4.78 is 0. The molecule has 0 saturated heterocycles. The van der Waals surface area contributed by atoms with Crippen LogP contribution in [0.15, 0.2) is 18.3 Å². The topological polar surface area (TPSA) is 79.3 Å². The van der Waals surface area contributed by atoms with Gasteiger partial charge >= 0.3 is 5.97 Å². The van der Waals surface area contributed by atoms with Gasteiger partial charge in [-0.05, 0) is 37.8 Å². The fourth-order valence-corrected chi connectivity index (χ4v) is 2.42. The highest BCUT2D eigenvalue weighted by molar-refractivity contribution is 5.92. The first-order valence-electron chi connectivity index (χ1n) is 6.52. The molecule has 2 N–H and O–H groups in total. The molecule has 19 heavy (non-hydrogen) atoms. The summed E-state index contributed by atoms with van der Waals surface area (Å²) in [6.45, 7) is 1.93. The van der Waals surface area contributed by atoms with Crippen LogP contribution in [-0.2, 0) is 9.59 Å². The predicted molar refractivity (Wildman–Crippen MR) is 70.7 cm³/mol. The van der Waals surface area contributed by atoms with Crippen LogP contribution in [0.25, 0.3) is 0 Å². The van der Waals surface area contributed by atoms with E-state index in [0.29, 0.717) is 18.7 Å². The molecular formula is C14H18N2O3. The van der Waals surface area contributed by atoms with Gasteiger partial charge in [0.25, 0.3) is 0 Å². The van der Waals surface area contributed by atoms with Gasteiger partial charge in [0.1, 0.15) is 5.82 Å². The van der Waals surface area contributed by atoms with Gasteiger partial charge in [0.05, 0.1) is 5.92 Å². The molecule has 0 bridgehead atoms. The monoisotopic (exact) mass is 262 g/mol. The van der Waals surface area contributed by atoms with Crippen molar-refractivity contribution in [2.24, 2.45) is 11.8 Å². The fourth-order valence-electron chi connectivity index (χ4n) is 2.42. The Morgan fingerprint density at radius 3 is 2.68 bits per heavy atom. The Hall–Kier alpha value is -1.91. The molecule has 0 radical (unpaired) electrons. The maximum Gasteiger partial charge on any atom is 0.306 e. The lowest BCUT2D eigenvalue weighted by Gasteiger charge is -2.25. The highest BCUT2D eigenvalue weighted by atomic mass is 16.4. The van der Waals surface area contributed by atoms with Gasteiger partial charge in [0.2, 0.25) is 5.91 Å². The molecule has 1 aliphatic rings. The summed E-state index contributed by atoms with van der Waals surface area (Å²) in [5, 5.41) is 11.8. The molecule has 1 aromatic rings. The van der Waals surface area contributed by atoms with Crippen LogP contribution in [0.1, 0.15) is 31.2 Å². The van der Waals surface area contributed by atoms with Crippen LogP contribution in [-0.4, -0.2) is 22.0 Å². The van der Waals surface area contributed by atoms with Crippen molar-refractivity contribution in [2.45, 2.75) is 32.6 Å². The first-order chi connectivity index (χ1) is 9.06. The molecule has 5 nitrogen and oxygen atoms in total. The van der Waals surface area contributed by atoms with Crippen molar-refractivity contribution >= 4 is 17.7 Å². The number of amides is 1. The molecule has 2 unspecified atom stereocenters. The number of aryl methyl sites for hydroxylation is 1. The van der Waals surface area contributed by atoms with Crippen molar-refractivity contribution in [3.8, 4) is 0 Å². The van der Waals surface area contributed by atoms with Gasteiger partial charge < -0.3 is 10.4 Å². The Balaban J connectivity index is 1.96. The second kappa shape index (κ2) is 5.82. The van der Waals surface area contributed by atoms with E-state index in [1.165, 1.54) is 0 Å². The molecule has 1 heterocycles. The number of nitrogens with one attached hydrogen (secondary N) is 1. The highest BCUT2D eigenvalue weighted by Crippen LogP contribution is 2.29. The third kappa shape index (κ3) is 3.53. The van der Waals surface area contributed by atoms with E-state index in [4.69, 9.17) is 5.11 Å². The van der Waals surface area contributed by atoms with Crippen molar-refractivity contribution in [3.63, 3.8) is 0 Å². The van der Waals surface area contributed by atoms with Crippen LogP contribution in [0.4, 0.5) is 5.82 Å². The zero-order valence-corrected chi connectivity index (χ0v) is 10.9. The van der Waals surface area contributed by atoms with Crippen molar-refractivity contribution in [3.05, 3.63) is 23.9 Å². The number of carboxylic acids is 1. The minimum absolute atomic E-state index is 0.123. The zero-order valence-electron chi connectivity index (χ0n) is 10.9. The second-order valence-corrected chi connectivity index (χ2v) is 5.11. The van der Waals surface area contributed by atoms with Crippen molar-refractivity contribution in [1.29, 1.82) is 0 Å². The summed E-state index contributed by atoms with van der Waals surface area (Å²) in [5.74, 6) is -1.02. The summed E-state index contributed by atoms with van der Waals surface area (Å²) in [6, 6.07) is 3.63. The summed E-state index contributed by atoms with van der Waals surface area (Å²) >= 11 is 0. The summed E-state index contributed by atoms with van der Waals surface area (Å²) in [6.07, 6.45) is 4.32. The molecule has 0 aromatic carbocycles. The van der Waals surface area contributed by atoms with E-state index in [-0.39, 0.29) is 11.8 Å². The number of carbonyl (C=O) groups is 2. The van der Waals surface area contributed by atoms with Crippen LogP contribution >= 0.6 is 0 Å². The standard InChI is InChI=1S/C14H18N2O3/c1-9-5-6-12(15-8-9)16-13(17)10-3-2-4-11(7-10)14(18)19/h5-6,8,10-11H,2-4,7H2,1H3,(H,18,19)(H,15,16,17). The summed E-state index contributed by atoms with van der Waals surface area (Å²) in [7, 11) is 0. The summed E-state index contributed by atoms with van der Waals surface area (Å²) in [5.41, 5.74) is 1.03. The lowest BCUT2D eigenvalue weighted by atomic mass is 9.81. The molecule has 102 valence electrons. The number of rotatable bonds is 3. The van der Waals surface area contributed by atoms with Gasteiger partial charge in [-0.3, -0.25) is 9.59 Å². The Morgan fingerprint density at radius 1 is 1.32 bits per heavy atom. The Bertz CT molecular complexity index is 470. The fraction of sp³-hybridized carbons (Fsp3) is 0.500. The SMILES string of the molecule is Cc1ccc(NC(=O)C2CCCC(C(=O)O)C2)nc1. The zero-order chi connectivity index (χ0) is 13.8. The van der Waals surface area contributed by atoms with Crippen molar-refractivity contribution in [1.82, 2.24) is 4.98 Å². The molecule has 5 heteroatoms. The number of aromatic nitrogens is 1. The second-order valence-electron chi connectivity index (χ2n) is 5.11. The molecule has 1 aromatic heterocycles. The maximum atomic E-state index is 12.1. The van der Waals surface area contributed by atoms with Crippen LogP contribution in [0.5, 0.6) is 0 Å². The minimum atomic E-state index is -0.800. The van der Waals surface area contributed by atoms with E-state index < -0.39 is 11.9 Å². The molecular weight excluding hydrogens is 244 g/mol. The first-order valence-corrected chi connectivity index (χ1v) is 6.52. The Labute approximate surface area is 112 Å². The lowest BCUT2D eigenvalue weighted by molar-refractivity contribution is -0.143. The van der Waals surface area contributed by atoms with E-state index >= 15 is 0 Å². The Morgan fingerprint density at radius 2 is 2.05 bits per heavy atom. The van der Waals surface area contributed by atoms with Crippen molar-refractivity contribution in [2.75, 3.05) is 5.32 Å². The van der Waals surface area contributed by atoms with Gasteiger partial charge in [-0.2, -0.15) is 0 Å². The first kappa shape index (κ1) is 13.5. The van der Waals surface area contributed by atoms with Crippen molar-refractivity contribution < 1.29 is 14.7 Å². The van der Waals surface area contributed by atoms with Gasteiger partial charge in [0.15, 0.2) is 0 Å². The molecule has 1 fully saturated rings. The molecule has 0 spiro atoms. The quantitative estimate of drug-likeness (QED) is 0.875. The molecule has 1 aliphatic carbocycles. The largest absolute Gasteiger partial charge is 0.481 e. The lowest BCUT2D eigenvalue weighted by Crippen LogP contribution is -2.31. The number of hydrogen-bond donors (Lipinski definition) is 2. The van der Waals surface area contributed by atoms with Gasteiger partial charge in [-0.25, -0.2) is 4.98 Å². The normalized spacial score (nSPS) is 22.8. The molecule has 1 amide bonds. The average Bonchev–Trinajstić information content (AvgIpc) is 2.41. The molecule has 0 aliphatic heterocycles. The molecule has 2 rings (SSSR count). The smallest absolute Gasteiger partial charge is 0.306 e. The third-order valence-corrected chi connectivity index (χ3v) is 3.56. The van der Waals surface area contributed by atoms with Crippen LogP contribution in [0.2, 0.25) is 0 Å². The van der Waals surface area contributed by atoms with Gasteiger partial charge in [-0.1, -0.05) is 12.5 Å². The number of carbonyl (C=O) groups excluding carboxylic acids is 1. The number of hydrogen-bond acceptors (Lipinski definition) is 3. The third-order valence-electron chi connectivity index (χ3n) is 3.56. The number of carboxylic acid groups (broad SMARTS) is 1. The van der Waals surface area contributed by atoms with E-state index in [2.05, 4.69) is 10.3 Å². The summed E-state index contributed by atoms with van der Waals surface area (Å²) in [4.78, 5) is 27.2.